The van der Waals surface area contributed by atoms with Crippen molar-refractivity contribution < 1.29 is 13.3 Å². The second-order valence-corrected chi connectivity index (χ2v) is 12.4. The number of hydrogen-bond donors (Lipinski definition) is 0. The van der Waals surface area contributed by atoms with Crippen LogP contribution in [0, 0.1) is 0 Å². The van der Waals surface area contributed by atoms with Crippen molar-refractivity contribution in [3.05, 3.63) is 0 Å². The lowest BCUT2D eigenvalue weighted by Gasteiger charge is -2.30. The summed E-state index contributed by atoms with van der Waals surface area (Å²) in [5.74, 6) is 0. The lowest BCUT2D eigenvalue weighted by atomic mass is 10.0. The Morgan fingerprint density at radius 3 is 0.938 bits per heavy atom. The summed E-state index contributed by atoms with van der Waals surface area (Å²) in [7, 11) is -2.51. The van der Waals surface area contributed by atoms with Crippen LogP contribution in [0.4, 0.5) is 0 Å². The largest absolute Gasteiger partial charge is 0.500 e. The summed E-state index contributed by atoms with van der Waals surface area (Å²) in [4.78, 5) is 0. The van der Waals surface area contributed by atoms with Gasteiger partial charge >= 0.3 is 8.80 Å². The highest BCUT2D eigenvalue weighted by atomic mass is 28.4. The molecule has 32 heavy (non-hydrogen) atoms. The van der Waals surface area contributed by atoms with Gasteiger partial charge < -0.3 is 13.3 Å². The van der Waals surface area contributed by atoms with E-state index < -0.39 is 8.80 Å². The summed E-state index contributed by atoms with van der Waals surface area (Å²) in [6.07, 6.45) is 26.3. The van der Waals surface area contributed by atoms with Gasteiger partial charge in [-0.15, -0.1) is 0 Å². The average Bonchev–Trinajstić information content (AvgIpc) is 2.80. The molecule has 0 aliphatic rings. The number of rotatable bonds is 27. The van der Waals surface area contributed by atoms with Crippen molar-refractivity contribution in [1.82, 2.24) is 0 Å². The van der Waals surface area contributed by atoms with E-state index in [-0.39, 0.29) is 0 Å². The van der Waals surface area contributed by atoms with Crippen molar-refractivity contribution >= 4 is 8.80 Å². The van der Waals surface area contributed by atoms with Gasteiger partial charge in [0.1, 0.15) is 0 Å². The number of unbranched alkanes of at least 4 members (excludes halogenated alkanes) is 16. The van der Waals surface area contributed by atoms with E-state index >= 15 is 0 Å². The van der Waals surface area contributed by atoms with Crippen LogP contribution in [0.1, 0.15) is 156 Å². The summed E-state index contributed by atoms with van der Waals surface area (Å²) in [6.45, 7) is 11.3. The topological polar surface area (TPSA) is 27.7 Å². The van der Waals surface area contributed by atoms with Crippen molar-refractivity contribution in [2.24, 2.45) is 0 Å². The molecule has 194 valence electrons. The minimum atomic E-state index is -2.51. The van der Waals surface area contributed by atoms with E-state index in [4.69, 9.17) is 13.3 Å². The third-order valence-corrected chi connectivity index (χ3v) is 9.19. The Balaban J connectivity index is 4.03. The van der Waals surface area contributed by atoms with E-state index in [9.17, 15) is 0 Å². The Morgan fingerprint density at radius 2 is 0.625 bits per heavy atom. The zero-order chi connectivity index (χ0) is 23.6. The zero-order valence-electron chi connectivity index (χ0n) is 22.7. The van der Waals surface area contributed by atoms with E-state index in [2.05, 4.69) is 27.7 Å². The summed E-state index contributed by atoms with van der Waals surface area (Å²) in [6, 6.07) is 1.00. The van der Waals surface area contributed by atoms with Gasteiger partial charge in [0.05, 0.1) is 0 Å². The van der Waals surface area contributed by atoms with Gasteiger partial charge in [0.25, 0.3) is 0 Å². The minimum Gasteiger partial charge on any atom is -0.373 e. The molecular weight excluding hydrogens is 412 g/mol. The monoisotopic (exact) mass is 472 g/mol. The highest BCUT2D eigenvalue weighted by molar-refractivity contribution is 6.60. The second-order valence-electron chi connectivity index (χ2n) is 9.64. The molecule has 0 unspecified atom stereocenters. The molecule has 0 saturated carbocycles. The van der Waals surface area contributed by atoms with Crippen LogP contribution in [-0.4, -0.2) is 28.6 Å². The number of hydrogen-bond acceptors (Lipinski definition) is 3. The van der Waals surface area contributed by atoms with Crippen LogP contribution in [0.25, 0.3) is 0 Å². The van der Waals surface area contributed by atoms with Crippen molar-refractivity contribution in [1.29, 1.82) is 0 Å². The van der Waals surface area contributed by atoms with Gasteiger partial charge in [-0.3, -0.25) is 0 Å². The van der Waals surface area contributed by atoms with E-state index in [1.54, 1.807) is 0 Å². The Kier molecular flexibility index (Phi) is 25.8. The molecule has 0 aromatic heterocycles. The molecule has 0 atom stereocenters. The van der Waals surface area contributed by atoms with Crippen molar-refractivity contribution in [3.63, 3.8) is 0 Å². The van der Waals surface area contributed by atoms with Gasteiger partial charge in [0.15, 0.2) is 0 Å². The molecule has 4 heteroatoms. The molecule has 0 amide bonds. The first-order valence-electron chi connectivity index (χ1n) is 14.7. The quantitative estimate of drug-likeness (QED) is 0.0879. The van der Waals surface area contributed by atoms with Gasteiger partial charge in [-0.05, 0) is 25.7 Å². The van der Waals surface area contributed by atoms with Crippen molar-refractivity contribution in [2.75, 3.05) is 19.8 Å². The molecule has 0 saturated heterocycles. The Morgan fingerprint density at radius 1 is 0.344 bits per heavy atom. The highest BCUT2D eigenvalue weighted by Crippen LogP contribution is 2.22. The third kappa shape index (κ3) is 20.7. The molecule has 0 rings (SSSR count). The molecule has 0 aliphatic carbocycles. The molecule has 3 nitrogen and oxygen atoms in total. The summed E-state index contributed by atoms with van der Waals surface area (Å²) in [5.41, 5.74) is 0. The van der Waals surface area contributed by atoms with E-state index in [1.165, 1.54) is 89.9 Å². The average molecular weight is 473 g/mol. The normalized spacial score (nSPS) is 12.0. The van der Waals surface area contributed by atoms with Crippen LogP contribution in [0.3, 0.4) is 0 Å². The van der Waals surface area contributed by atoms with Crippen molar-refractivity contribution in [3.8, 4) is 0 Å². The van der Waals surface area contributed by atoms with E-state index in [0.717, 1.165) is 64.4 Å². The first kappa shape index (κ1) is 32.1. The third-order valence-electron chi connectivity index (χ3n) is 6.30. The minimum absolute atomic E-state index is 0.791. The first-order chi connectivity index (χ1) is 15.7. The van der Waals surface area contributed by atoms with Gasteiger partial charge in [0.2, 0.25) is 0 Å². The van der Waals surface area contributed by atoms with E-state index in [1.807, 2.05) is 0 Å². The summed E-state index contributed by atoms with van der Waals surface area (Å²) < 4.78 is 19.1. The fourth-order valence-electron chi connectivity index (χ4n) is 3.99. The lowest BCUT2D eigenvalue weighted by Crippen LogP contribution is -2.46. The maximum Gasteiger partial charge on any atom is 0.500 e. The molecule has 0 N–H and O–H groups in total. The van der Waals surface area contributed by atoms with Crippen LogP contribution in [0.2, 0.25) is 6.04 Å². The smallest absolute Gasteiger partial charge is 0.373 e. The molecule has 0 aliphatic heterocycles. The maximum absolute atomic E-state index is 6.37. The molecule has 0 radical (unpaired) electrons. The standard InChI is InChI=1S/C28H60O3Si/c1-5-9-13-14-15-16-17-18-19-20-21-22-23-24-28-32(29-25-10-6-2,30-26-11-7-3)31-27-12-8-4/h5-28H2,1-4H3. The molecule has 0 fully saturated rings. The van der Waals surface area contributed by atoms with Crippen LogP contribution < -0.4 is 0 Å². The molecular formula is C28H60O3Si. The molecule has 0 aromatic carbocycles. The summed E-state index contributed by atoms with van der Waals surface area (Å²) >= 11 is 0. The SMILES string of the molecule is CCCCCCCCCCCCCCCC[Si](OCCCC)(OCCCC)OCCCC. The van der Waals surface area contributed by atoms with Crippen LogP contribution in [0.5, 0.6) is 0 Å². The van der Waals surface area contributed by atoms with Gasteiger partial charge in [-0.25, -0.2) is 0 Å². The van der Waals surface area contributed by atoms with Gasteiger partial charge in [0, 0.05) is 25.9 Å². The molecule has 0 aromatic rings. The fourth-order valence-corrected chi connectivity index (χ4v) is 6.73. The van der Waals surface area contributed by atoms with Crippen molar-refractivity contribution in [2.45, 2.75) is 162 Å². The Hall–Kier alpha value is 0.0969. The molecule has 0 bridgehead atoms. The van der Waals surface area contributed by atoms with Crippen LogP contribution >= 0.6 is 0 Å². The van der Waals surface area contributed by atoms with Crippen LogP contribution in [-0.2, 0) is 13.3 Å². The first-order valence-corrected chi connectivity index (χ1v) is 16.6. The molecule has 0 spiro atoms. The summed E-state index contributed by atoms with van der Waals surface area (Å²) in [5, 5.41) is 0. The van der Waals surface area contributed by atoms with Gasteiger partial charge in [-0.1, -0.05) is 130 Å². The maximum atomic E-state index is 6.37. The molecule has 0 heterocycles. The predicted octanol–water partition coefficient (Wildman–Crippen LogP) is 9.86. The fraction of sp³-hybridized carbons (Fsp3) is 1.00. The Bertz CT molecular complexity index is 325. The lowest BCUT2D eigenvalue weighted by molar-refractivity contribution is 0.0557. The van der Waals surface area contributed by atoms with Gasteiger partial charge in [-0.2, -0.15) is 0 Å². The Labute approximate surface area is 204 Å². The zero-order valence-corrected chi connectivity index (χ0v) is 23.7. The highest BCUT2D eigenvalue weighted by Gasteiger charge is 2.40. The predicted molar refractivity (Wildman–Crippen MR) is 143 cm³/mol. The van der Waals surface area contributed by atoms with Crippen LogP contribution in [0.15, 0.2) is 0 Å². The van der Waals surface area contributed by atoms with E-state index in [0.29, 0.717) is 0 Å². The second kappa shape index (κ2) is 25.7.